The zero-order valence-corrected chi connectivity index (χ0v) is 9.58. The highest BCUT2D eigenvalue weighted by molar-refractivity contribution is 6.10. The minimum atomic E-state index is -0.454. The number of hydrogen-bond donors (Lipinski definition) is 2. The standard InChI is InChI=1S/C13H16N2O/c1-3-9-4-5-12-10(6-9)11(7-15-12)13(16)8(2)14/h4-8,15H,3,14H2,1-2H3. The lowest BCUT2D eigenvalue weighted by atomic mass is 10.0. The summed E-state index contributed by atoms with van der Waals surface area (Å²) in [6.45, 7) is 3.81. The Bertz CT molecular complexity index is 526. The molecule has 2 rings (SSSR count). The lowest BCUT2D eigenvalue weighted by molar-refractivity contribution is 0.0969. The summed E-state index contributed by atoms with van der Waals surface area (Å²) in [5, 5.41) is 0.974. The first-order valence-electron chi connectivity index (χ1n) is 5.53. The Morgan fingerprint density at radius 3 is 2.88 bits per heavy atom. The summed E-state index contributed by atoms with van der Waals surface area (Å²) >= 11 is 0. The topological polar surface area (TPSA) is 58.9 Å². The Kier molecular flexibility index (Phi) is 2.79. The highest BCUT2D eigenvalue weighted by Crippen LogP contribution is 2.21. The Balaban J connectivity index is 2.58. The van der Waals surface area contributed by atoms with E-state index in [0.29, 0.717) is 5.56 Å². The normalized spacial score (nSPS) is 12.9. The van der Waals surface area contributed by atoms with Crippen LogP contribution >= 0.6 is 0 Å². The van der Waals surface area contributed by atoms with Crippen LogP contribution in [0.15, 0.2) is 24.4 Å². The van der Waals surface area contributed by atoms with Crippen molar-refractivity contribution in [1.29, 1.82) is 0 Å². The Labute approximate surface area is 94.6 Å². The summed E-state index contributed by atoms with van der Waals surface area (Å²) in [4.78, 5) is 15.0. The predicted octanol–water partition coefficient (Wildman–Crippen LogP) is 2.26. The molecule has 0 radical (unpaired) electrons. The molecule has 0 amide bonds. The molecule has 0 aliphatic carbocycles. The number of carbonyl (C=O) groups is 1. The number of aryl methyl sites for hydroxylation is 1. The van der Waals surface area contributed by atoms with Gasteiger partial charge in [-0.2, -0.15) is 0 Å². The lowest BCUT2D eigenvalue weighted by Crippen LogP contribution is -2.26. The largest absolute Gasteiger partial charge is 0.360 e. The molecule has 3 nitrogen and oxygen atoms in total. The van der Waals surface area contributed by atoms with E-state index in [1.54, 1.807) is 13.1 Å². The van der Waals surface area contributed by atoms with Crippen molar-refractivity contribution in [3.05, 3.63) is 35.5 Å². The van der Waals surface area contributed by atoms with E-state index in [1.165, 1.54) is 5.56 Å². The number of ketones is 1. The van der Waals surface area contributed by atoms with Crippen LogP contribution < -0.4 is 5.73 Å². The minimum absolute atomic E-state index is 0.0143. The summed E-state index contributed by atoms with van der Waals surface area (Å²) < 4.78 is 0. The van der Waals surface area contributed by atoms with Gasteiger partial charge in [0.25, 0.3) is 0 Å². The quantitative estimate of drug-likeness (QED) is 0.773. The van der Waals surface area contributed by atoms with Gasteiger partial charge in [-0.1, -0.05) is 13.0 Å². The second kappa shape index (κ2) is 4.10. The van der Waals surface area contributed by atoms with Crippen molar-refractivity contribution < 1.29 is 4.79 Å². The molecule has 84 valence electrons. The zero-order chi connectivity index (χ0) is 11.7. The zero-order valence-electron chi connectivity index (χ0n) is 9.58. The van der Waals surface area contributed by atoms with Gasteiger partial charge >= 0.3 is 0 Å². The van der Waals surface area contributed by atoms with E-state index in [0.717, 1.165) is 17.3 Å². The van der Waals surface area contributed by atoms with Gasteiger partial charge in [0, 0.05) is 22.7 Å². The van der Waals surface area contributed by atoms with Crippen LogP contribution in [0.3, 0.4) is 0 Å². The summed E-state index contributed by atoms with van der Waals surface area (Å²) in [7, 11) is 0. The van der Waals surface area contributed by atoms with Crippen LogP contribution in [0.5, 0.6) is 0 Å². The molecule has 0 saturated carbocycles. The van der Waals surface area contributed by atoms with Gasteiger partial charge in [0.15, 0.2) is 5.78 Å². The van der Waals surface area contributed by atoms with Gasteiger partial charge in [-0.25, -0.2) is 0 Å². The molecule has 0 bridgehead atoms. The number of fused-ring (bicyclic) bond motifs is 1. The minimum Gasteiger partial charge on any atom is -0.360 e. The lowest BCUT2D eigenvalue weighted by Gasteiger charge is -2.03. The number of Topliss-reactive ketones (excluding diaryl/α,β-unsaturated/α-hetero) is 1. The van der Waals surface area contributed by atoms with Crippen molar-refractivity contribution in [1.82, 2.24) is 4.98 Å². The number of aromatic amines is 1. The van der Waals surface area contributed by atoms with Gasteiger partial charge in [-0.15, -0.1) is 0 Å². The molecule has 2 aromatic rings. The van der Waals surface area contributed by atoms with E-state index in [4.69, 9.17) is 5.73 Å². The van der Waals surface area contributed by atoms with E-state index in [2.05, 4.69) is 24.0 Å². The van der Waals surface area contributed by atoms with Gasteiger partial charge < -0.3 is 10.7 Å². The number of carbonyl (C=O) groups excluding carboxylic acids is 1. The van der Waals surface area contributed by atoms with E-state index in [-0.39, 0.29) is 5.78 Å². The first kappa shape index (κ1) is 10.9. The van der Waals surface area contributed by atoms with Crippen molar-refractivity contribution in [3.8, 4) is 0 Å². The van der Waals surface area contributed by atoms with Gasteiger partial charge in [0.05, 0.1) is 6.04 Å². The molecule has 3 N–H and O–H groups in total. The molecule has 0 aliphatic heterocycles. The summed E-state index contributed by atoms with van der Waals surface area (Å²) in [5.74, 6) is -0.0143. The Morgan fingerprint density at radius 1 is 1.50 bits per heavy atom. The number of H-pyrrole nitrogens is 1. The maximum Gasteiger partial charge on any atom is 0.181 e. The van der Waals surface area contributed by atoms with E-state index in [9.17, 15) is 4.79 Å². The number of aromatic nitrogens is 1. The average Bonchev–Trinajstić information content (AvgIpc) is 2.70. The van der Waals surface area contributed by atoms with Crippen molar-refractivity contribution in [2.24, 2.45) is 5.73 Å². The molecule has 1 aromatic heterocycles. The third-order valence-corrected chi connectivity index (χ3v) is 2.83. The molecule has 1 heterocycles. The fourth-order valence-corrected chi connectivity index (χ4v) is 1.84. The number of hydrogen-bond acceptors (Lipinski definition) is 2. The van der Waals surface area contributed by atoms with E-state index < -0.39 is 6.04 Å². The number of rotatable bonds is 3. The Morgan fingerprint density at radius 2 is 2.25 bits per heavy atom. The monoisotopic (exact) mass is 216 g/mol. The van der Waals surface area contributed by atoms with Crippen molar-refractivity contribution in [3.63, 3.8) is 0 Å². The molecule has 1 atom stereocenters. The van der Waals surface area contributed by atoms with Crippen LogP contribution in [0.2, 0.25) is 0 Å². The van der Waals surface area contributed by atoms with Crippen molar-refractivity contribution in [2.45, 2.75) is 26.3 Å². The van der Waals surface area contributed by atoms with Gasteiger partial charge in [-0.3, -0.25) is 4.79 Å². The van der Waals surface area contributed by atoms with E-state index in [1.807, 2.05) is 6.07 Å². The third kappa shape index (κ3) is 1.74. The smallest absolute Gasteiger partial charge is 0.181 e. The molecule has 3 heteroatoms. The molecule has 16 heavy (non-hydrogen) atoms. The summed E-state index contributed by atoms with van der Waals surface area (Å²) in [6.07, 6.45) is 2.71. The van der Waals surface area contributed by atoms with Crippen LogP contribution in [0.1, 0.15) is 29.8 Å². The Hall–Kier alpha value is -1.61. The predicted molar refractivity (Wildman–Crippen MR) is 65.7 cm³/mol. The number of nitrogens with two attached hydrogens (primary N) is 1. The first-order valence-corrected chi connectivity index (χ1v) is 5.53. The summed E-state index contributed by atoms with van der Waals surface area (Å²) in [6, 6.07) is 5.68. The van der Waals surface area contributed by atoms with Gasteiger partial charge in [0.2, 0.25) is 0 Å². The maximum absolute atomic E-state index is 11.9. The average molecular weight is 216 g/mol. The second-order valence-corrected chi connectivity index (χ2v) is 4.09. The highest BCUT2D eigenvalue weighted by Gasteiger charge is 2.15. The van der Waals surface area contributed by atoms with Crippen molar-refractivity contribution in [2.75, 3.05) is 0 Å². The van der Waals surface area contributed by atoms with E-state index >= 15 is 0 Å². The molecular weight excluding hydrogens is 200 g/mol. The maximum atomic E-state index is 11.9. The van der Waals surface area contributed by atoms with Gasteiger partial charge in [0.1, 0.15) is 0 Å². The molecule has 1 unspecified atom stereocenters. The van der Waals surface area contributed by atoms with Crippen LogP contribution in [0, 0.1) is 0 Å². The molecule has 0 fully saturated rings. The molecule has 0 saturated heterocycles. The fourth-order valence-electron chi connectivity index (χ4n) is 1.84. The van der Waals surface area contributed by atoms with Crippen molar-refractivity contribution >= 4 is 16.7 Å². The highest BCUT2D eigenvalue weighted by atomic mass is 16.1. The number of nitrogens with one attached hydrogen (secondary N) is 1. The SMILES string of the molecule is CCc1ccc2[nH]cc(C(=O)C(C)N)c2c1. The fraction of sp³-hybridized carbons (Fsp3) is 0.308. The second-order valence-electron chi connectivity index (χ2n) is 4.09. The van der Waals surface area contributed by atoms with Crippen LogP contribution in [0.4, 0.5) is 0 Å². The first-order chi connectivity index (χ1) is 7.63. The number of benzene rings is 1. The van der Waals surface area contributed by atoms with Gasteiger partial charge in [-0.05, 0) is 31.0 Å². The molecule has 1 aromatic carbocycles. The summed E-state index contributed by atoms with van der Waals surface area (Å²) in [5.41, 5.74) is 8.53. The van der Waals surface area contributed by atoms with Crippen LogP contribution in [-0.4, -0.2) is 16.8 Å². The molecular formula is C13H16N2O. The molecule has 0 aliphatic rings. The third-order valence-electron chi connectivity index (χ3n) is 2.83. The van der Waals surface area contributed by atoms with Crippen LogP contribution in [-0.2, 0) is 6.42 Å². The van der Waals surface area contributed by atoms with Crippen LogP contribution in [0.25, 0.3) is 10.9 Å². The molecule has 0 spiro atoms.